The van der Waals surface area contributed by atoms with Gasteiger partial charge >= 0.3 is 0 Å². The van der Waals surface area contributed by atoms with Crippen molar-refractivity contribution in [3.8, 4) is 5.75 Å². The van der Waals surface area contributed by atoms with E-state index in [9.17, 15) is 14.7 Å². The number of phenolic OH excluding ortho intramolecular Hbond substituents is 1. The second kappa shape index (κ2) is 3.73. The van der Waals surface area contributed by atoms with Crippen LogP contribution < -0.4 is 0 Å². The molecular formula is C11H11NO3. The topological polar surface area (TPSA) is 57.6 Å². The summed E-state index contributed by atoms with van der Waals surface area (Å²) in [6, 6.07) is 4.69. The summed E-state index contributed by atoms with van der Waals surface area (Å²) in [5.41, 5.74) is 1.43. The molecule has 0 radical (unpaired) electrons. The van der Waals surface area contributed by atoms with Gasteiger partial charge in [0.2, 0.25) is 0 Å². The monoisotopic (exact) mass is 205 g/mol. The summed E-state index contributed by atoms with van der Waals surface area (Å²) >= 11 is 0. The summed E-state index contributed by atoms with van der Waals surface area (Å²) in [6.45, 7) is 0.674. The highest BCUT2D eigenvalue weighted by atomic mass is 16.3. The summed E-state index contributed by atoms with van der Waals surface area (Å²) in [7, 11) is 0. The van der Waals surface area contributed by atoms with E-state index in [2.05, 4.69) is 0 Å². The number of phenols is 1. The highest BCUT2D eigenvalue weighted by molar-refractivity contribution is 5.97. The molecule has 0 aromatic heterocycles. The van der Waals surface area contributed by atoms with Crippen LogP contribution in [0.3, 0.4) is 0 Å². The fraction of sp³-hybridized carbons (Fsp3) is 0.273. The molecule has 1 aromatic rings. The van der Waals surface area contributed by atoms with E-state index < -0.39 is 0 Å². The van der Waals surface area contributed by atoms with Gasteiger partial charge in [0, 0.05) is 12.1 Å². The van der Waals surface area contributed by atoms with Crippen LogP contribution in [0.1, 0.15) is 15.9 Å². The SMILES string of the molecule is O=CCN1CCc2cc(O)ccc2C1=O. The molecule has 1 aliphatic heterocycles. The van der Waals surface area contributed by atoms with Crippen LogP contribution in [-0.4, -0.2) is 35.3 Å². The standard InChI is InChI=1S/C11H11NO3/c13-6-5-12-4-3-8-7-9(14)1-2-10(8)11(12)15/h1-2,6-7,14H,3-5H2. The summed E-state index contributed by atoms with van der Waals surface area (Å²) < 4.78 is 0. The lowest BCUT2D eigenvalue weighted by Crippen LogP contribution is -2.38. The molecule has 0 saturated heterocycles. The third kappa shape index (κ3) is 1.70. The largest absolute Gasteiger partial charge is 0.508 e. The molecule has 0 atom stereocenters. The van der Waals surface area contributed by atoms with E-state index in [0.717, 1.165) is 11.8 Å². The van der Waals surface area contributed by atoms with Gasteiger partial charge in [-0.05, 0) is 30.2 Å². The van der Waals surface area contributed by atoms with Crippen molar-refractivity contribution < 1.29 is 14.7 Å². The van der Waals surface area contributed by atoms with Gasteiger partial charge in [-0.3, -0.25) is 4.79 Å². The Balaban J connectivity index is 2.34. The van der Waals surface area contributed by atoms with Crippen molar-refractivity contribution >= 4 is 12.2 Å². The van der Waals surface area contributed by atoms with E-state index in [4.69, 9.17) is 0 Å². The van der Waals surface area contributed by atoms with E-state index >= 15 is 0 Å². The zero-order valence-corrected chi connectivity index (χ0v) is 8.14. The lowest BCUT2D eigenvalue weighted by Gasteiger charge is -2.26. The first-order chi connectivity index (χ1) is 7.22. The number of aromatic hydroxyl groups is 1. The van der Waals surface area contributed by atoms with Gasteiger partial charge in [-0.1, -0.05) is 0 Å². The Hall–Kier alpha value is -1.84. The highest BCUT2D eigenvalue weighted by Crippen LogP contribution is 2.22. The second-order valence-electron chi connectivity index (χ2n) is 3.51. The van der Waals surface area contributed by atoms with Gasteiger partial charge in [0.15, 0.2) is 0 Å². The van der Waals surface area contributed by atoms with Gasteiger partial charge in [-0.2, -0.15) is 0 Å². The molecule has 0 aliphatic carbocycles. The van der Waals surface area contributed by atoms with E-state index in [1.165, 1.54) is 11.0 Å². The minimum absolute atomic E-state index is 0.136. The maximum atomic E-state index is 11.8. The number of benzene rings is 1. The number of hydrogen-bond donors (Lipinski definition) is 1. The van der Waals surface area contributed by atoms with E-state index in [1.807, 2.05) is 0 Å². The van der Waals surface area contributed by atoms with Crippen LogP contribution in [0.4, 0.5) is 0 Å². The zero-order valence-electron chi connectivity index (χ0n) is 8.14. The third-order valence-electron chi connectivity index (χ3n) is 2.55. The molecular weight excluding hydrogens is 194 g/mol. The first-order valence-electron chi connectivity index (χ1n) is 4.77. The normalized spacial score (nSPS) is 14.9. The number of carbonyl (C=O) groups is 2. The predicted molar refractivity (Wildman–Crippen MR) is 53.8 cm³/mol. The second-order valence-corrected chi connectivity index (χ2v) is 3.51. The molecule has 4 heteroatoms. The number of carbonyl (C=O) groups excluding carboxylic acids is 2. The maximum Gasteiger partial charge on any atom is 0.254 e. The number of fused-ring (bicyclic) bond motifs is 1. The molecule has 4 nitrogen and oxygen atoms in total. The maximum absolute atomic E-state index is 11.8. The fourth-order valence-corrected chi connectivity index (χ4v) is 1.79. The van der Waals surface area contributed by atoms with Crippen molar-refractivity contribution in [2.24, 2.45) is 0 Å². The summed E-state index contributed by atoms with van der Waals surface area (Å²) in [4.78, 5) is 23.7. The zero-order chi connectivity index (χ0) is 10.8. The van der Waals surface area contributed by atoms with Crippen LogP contribution in [0.25, 0.3) is 0 Å². The first kappa shape index (κ1) is 9.71. The number of nitrogens with zero attached hydrogens (tertiary/aromatic N) is 1. The van der Waals surface area contributed by atoms with Crippen molar-refractivity contribution in [3.63, 3.8) is 0 Å². The number of aldehydes is 1. The number of amides is 1. The van der Waals surface area contributed by atoms with Gasteiger partial charge < -0.3 is 14.8 Å². The number of hydrogen-bond acceptors (Lipinski definition) is 3. The predicted octanol–water partition coefficient (Wildman–Crippen LogP) is 0.589. The Morgan fingerprint density at radius 1 is 1.47 bits per heavy atom. The quantitative estimate of drug-likeness (QED) is 0.719. The van der Waals surface area contributed by atoms with Crippen LogP contribution in [0.5, 0.6) is 5.75 Å². The highest BCUT2D eigenvalue weighted by Gasteiger charge is 2.23. The Labute approximate surface area is 87.1 Å². The van der Waals surface area contributed by atoms with Crippen molar-refractivity contribution in [2.45, 2.75) is 6.42 Å². The summed E-state index contributed by atoms with van der Waals surface area (Å²) in [5, 5.41) is 9.26. The Morgan fingerprint density at radius 2 is 2.27 bits per heavy atom. The molecule has 1 amide bonds. The summed E-state index contributed by atoms with van der Waals surface area (Å²) in [5.74, 6) is 0.0359. The molecule has 0 unspecified atom stereocenters. The number of rotatable bonds is 2. The molecule has 1 N–H and O–H groups in total. The molecule has 0 spiro atoms. The van der Waals surface area contributed by atoms with Crippen molar-refractivity contribution in [1.82, 2.24) is 4.90 Å². The minimum Gasteiger partial charge on any atom is -0.508 e. The minimum atomic E-state index is -0.136. The van der Waals surface area contributed by atoms with E-state index in [1.54, 1.807) is 12.1 Å². The molecule has 15 heavy (non-hydrogen) atoms. The Morgan fingerprint density at radius 3 is 3.00 bits per heavy atom. The molecule has 1 heterocycles. The molecule has 2 rings (SSSR count). The van der Waals surface area contributed by atoms with Crippen molar-refractivity contribution in [1.29, 1.82) is 0 Å². The van der Waals surface area contributed by atoms with Crippen LogP contribution in [-0.2, 0) is 11.2 Å². The van der Waals surface area contributed by atoms with Crippen LogP contribution in [0, 0.1) is 0 Å². The lowest BCUT2D eigenvalue weighted by molar-refractivity contribution is -0.108. The average molecular weight is 205 g/mol. The van der Waals surface area contributed by atoms with Gasteiger partial charge in [-0.15, -0.1) is 0 Å². The van der Waals surface area contributed by atoms with Gasteiger partial charge in [0.25, 0.3) is 5.91 Å². The third-order valence-corrected chi connectivity index (χ3v) is 2.55. The van der Waals surface area contributed by atoms with Crippen LogP contribution >= 0.6 is 0 Å². The first-order valence-corrected chi connectivity index (χ1v) is 4.77. The molecule has 0 saturated carbocycles. The fourth-order valence-electron chi connectivity index (χ4n) is 1.79. The van der Waals surface area contributed by atoms with Crippen molar-refractivity contribution in [3.05, 3.63) is 29.3 Å². The Kier molecular flexibility index (Phi) is 2.41. The van der Waals surface area contributed by atoms with Gasteiger partial charge in [0.05, 0.1) is 6.54 Å². The van der Waals surface area contributed by atoms with E-state index in [-0.39, 0.29) is 18.2 Å². The smallest absolute Gasteiger partial charge is 0.254 e. The molecule has 1 aromatic carbocycles. The van der Waals surface area contributed by atoms with E-state index in [0.29, 0.717) is 18.5 Å². The van der Waals surface area contributed by atoms with Crippen LogP contribution in [0.2, 0.25) is 0 Å². The van der Waals surface area contributed by atoms with Gasteiger partial charge in [0.1, 0.15) is 12.0 Å². The molecule has 0 fully saturated rings. The van der Waals surface area contributed by atoms with Crippen LogP contribution in [0.15, 0.2) is 18.2 Å². The Bertz CT molecular complexity index is 414. The lowest BCUT2D eigenvalue weighted by atomic mass is 9.99. The summed E-state index contributed by atoms with van der Waals surface area (Å²) in [6.07, 6.45) is 1.41. The molecule has 0 bridgehead atoms. The molecule has 78 valence electrons. The average Bonchev–Trinajstić information content (AvgIpc) is 2.22. The van der Waals surface area contributed by atoms with Gasteiger partial charge in [-0.25, -0.2) is 0 Å². The van der Waals surface area contributed by atoms with Crippen molar-refractivity contribution in [2.75, 3.05) is 13.1 Å². The molecule has 1 aliphatic rings.